The molecular weight excluding hydrogens is 288 g/mol. The minimum Gasteiger partial charge on any atom is -0.496 e. The molecule has 106 valence electrons. The number of hydrogen-bond donors (Lipinski definition) is 0. The number of carbonyl (C=O) groups is 1. The number of aromatic nitrogens is 4. The zero-order valence-electron chi connectivity index (χ0n) is 11.3. The van der Waals surface area contributed by atoms with Crippen molar-refractivity contribution in [1.29, 1.82) is 0 Å². The maximum absolute atomic E-state index is 12.3. The van der Waals surface area contributed by atoms with E-state index in [-0.39, 0.29) is 12.3 Å². The molecule has 0 radical (unpaired) electrons. The largest absolute Gasteiger partial charge is 0.496 e. The van der Waals surface area contributed by atoms with Crippen LogP contribution in [0.2, 0.25) is 0 Å². The number of rotatable bonds is 5. The number of thiophene rings is 1. The van der Waals surface area contributed by atoms with Crippen molar-refractivity contribution in [3.63, 3.8) is 0 Å². The summed E-state index contributed by atoms with van der Waals surface area (Å²) in [5.41, 5.74) is 0.509. The van der Waals surface area contributed by atoms with E-state index in [2.05, 4.69) is 15.4 Å². The Kier molecular flexibility index (Phi) is 3.74. The Balaban J connectivity index is 1.79. The Morgan fingerprint density at radius 2 is 2.14 bits per heavy atom. The first kappa shape index (κ1) is 13.4. The smallest absolute Gasteiger partial charge is 0.214 e. The highest BCUT2D eigenvalue weighted by molar-refractivity contribution is 7.13. The topological polar surface area (TPSA) is 69.9 Å². The number of methoxy groups -OCH3 is 1. The number of carbonyl (C=O) groups excluding carboxylic acids is 1. The molecule has 1 aromatic carbocycles. The minimum absolute atomic E-state index is 0.0265. The van der Waals surface area contributed by atoms with Gasteiger partial charge < -0.3 is 4.74 Å². The van der Waals surface area contributed by atoms with E-state index >= 15 is 0 Å². The Labute approximate surface area is 125 Å². The van der Waals surface area contributed by atoms with Gasteiger partial charge in [-0.25, -0.2) is 0 Å². The molecule has 0 unspecified atom stereocenters. The molecular formula is C14H12N4O2S. The number of nitrogens with zero attached hydrogens (tertiary/aromatic N) is 4. The molecule has 0 bridgehead atoms. The van der Waals surface area contributed by atoms with Crippen LogP contribution in [0.25, 0.3) is 10.7 Å². The lowest BCUT2D eigenvalue weighted by atomic mass is 10.1. The van der Waals surface area contributed by atoms with Crippen LogP contribution < -0.4 is 4.74 Å². The Bertz CT molecular complexity index is 752. The van der Waals surface area contributed by atoms with Crippen molar-refractivity contribution in [3.8, 4) is 16.5 Å². The zero-order valence-corrected chi connectivity index (χ0v) is 12.1. The summed E-state index contributed by atoms with van der Waals surface area (Å²) < 4.78 is 5.18. The summed E-state index contributed by atoms with van der Waals surface area (Å²) in [6, 6.07) is 10.9. The molecule has 0 aliphatic carbocycles. The standard InChI is InChI=1S/C14H12N4O2S/c1-20-12-6-3-2-5-10(12)11(19)9-18-16-14(15-17-18)13-7-4-8-21-13/h2-8H,9H2,1H3. The molecule has 7 heteroatoms. The molecule has 21 heavy (non-hydrogen) atoms. The van der Waals surface area contributed by atoms with Gasteiger partial charge in [0.05, 0.1) is 17.6 Å². The number of ketones is 1. The molecule has 0 N–H and O–H groups in total. The van der Waals surface area contributed by atoms with Crippen molar-refractivity contribution in [1.82, 2.24) is 20.2 Å². The van der Waals surface area contributed by atoms with E-state index in [1.807, 2.05) is 23.6 Å². The number of hydrogen-bond acceptors (Lipinski definition) is 6. The molecule has 0 fully saturated rings. The molecule has 0 amide bonds. The average Bonchev–Trinajstić information content (AvgIpc) is 3.17. The van der Waals surface area contributed by atoms with Crippen LogP contribution in [0.5, 0.6) is 5.75 Å². The van der Waals surface area contributed by atoms with Gasteiger partial charge in [-0.15, -0.1) is 21.5 Å². The lowest BCUT2D eigenvalue weighted by Gasteiger charge is -2.06. The van der Waals surface area contributed by atoms with Gasteiger partial charge in [0.1, 0.15) is 12.3 Å². The van der Waals surface area contributed by atoms with Gasteiger partial charge in [-0.3, -0.25) is 4.79 Å². The van der Waals surface area contributed by atoms with Gasteiger partial charge >= 0.3 is 0 Å². The van der Waals surface area contributed by atoms with Gasteiger partial charge in [-0.05, 0) is 28.8 Å². The highest BCUT2D eigenvalue weighted by Crippen LogP contribution is 2.20. The first-order valence-corrected chi connectivity index (χ1v) is 7.14. The van der Waals surface area contributed by atoms with E-state index in [9.17, 15) is 4.79 Å². The fourth-order valence-corrected chi connectivity index (χ4v) is 2.55. The maximum Gasteiger partial charge on any atom is 0.214 e. The molecule has 6 nitrogen and oxygen atoms in total. The Hall–Kier alpha value is -2.54. The second-order valence-corrected chi connectivity index (χ2v) is 5.19. The average molecular weight is 300 g/mol. The summed E-state index contributed by atoms with van der Waals surface area (Å²) in [7, 11) is 1.54. The van der Waals surface area contributed by atoms with Crippen LogP contribution in [0.3, 0.4) is 0 Å². The molecule has 3 aromatic rings. The lowest BCUT2D eigenvalue weighted by molar-refractivity contribution is 0.0958. The monoisotopic (exact) mass is 300 g/mol. The molecule has 2 aromatic heterocycles. The third-order valence-corrected chi connectivity index (χ3v) is 3.75. The van der Waals surface area contributed by atoms with Crippen LogP contribution in [0.1, 0.15) is 10.4 Å². The molecule has 0 spiro atoms. The van der Waals surface area contributed by atoms with E-state index in [0.29, 0.717) is 17.1 Å². The molecule has 0 saturated carbocycles. The fraction of sp³-hybridized carbons (Fsp3) is 0.143. The number of para-hydroxylation sites is 1. The molecule has 0 atom stereocenters. The summed E-state index contributed by atoms with van der Waals surface area (Å²) in [4.78, 5) is 14.5. The van der Waals surface area contributed by atoms with E-state index < -0.39 is 0 Å². The van der Waals surface area contributed by atoms with E-state index in [0.717, 1.165) is 4.88 Å². The van der Waals surface area contributed by atoms with Crippen LogP contribution in [0.15, 0.2) is 41.8 Å². The van der Waals surface area contributed by atoms with Crippen LogP contribution in [0, 0.1) is 0 Å². The highest BCUT2D eigenvalue weighted by Gasteiger charge is 2.14. The fourth-order valence-electron chi connectivity index (χ4n) is 1.90. The number of ether oxygens (including phenoxy) is 1. The summed E-state index contributed by atoms with van der Waals surface area (Å²) in [5.74, 6) is 0.946. The minimum atomic E-state index is -0.123. The molecule has 3 rings (SSSR count). The SMILES string of the molecule is COc1ccccc1C(=O)Cn1nnc(-c2cccs2)n1. The van der Waals surface area contributed by atoms with Crippen molar-refractivity contribution in [2.45, 2.75) is 6.54 Å². The van der Waals surface area contributed by atoms with Crippen LogP contribution >= 0.6 is 11.3 Å². The van der Waals surface area contributed by atoms with E-state index in [1.165, 1.54) is 23.2 Å². The third-order valence-electron chi connectivity index (χ3n) is 2.89. The number of Topliss-reactive ketones (excluding diaryl/α,β-unsaturated/α-hetero) is 1. The van der Waals surface area contributed by atoms with Crippen LogP contribution in [-0.2, 0) is 6.54 Å². The Morgan fingerprint density at radius 1 is 1.29 bits per heavy atom. The molecule has 0 aliphatic heterocycles. The molecule has 2 heterocycles. The van der Waals surface area contributed by atoms with Crippen LogP contribution in [0.4, 0.5) is 0 Å². The van der Waals surface area contributed by atoms with Crippen LogP contribution in [-0.4, -0.2) is 33.1 Å². The Morgan fingerprint density at radius 3 is 2.90 bits per heavy atom. The molecule has 0 saturated heterocycles. The summed E-state index contributed by atoms with van der Waals surface area (Å²) in [6.07, 6.45) is 0. The van der Waals surface area contributed by atoms with Gasteiger partial charge in [-0.2, -0.15) is 4.80 Å². The van der Waals surface area contributed by atoms with Gasteiger partial charge in [0, 0.05) is 0 Å². The number of tetrazole rings is 1. The first-order chi connectivity index (χ1) is 10.3. The zero-order chi connectivity index (χ0) is 14.7. The van der Waals surface area contributed by atoms with Crippen molar-refractivity contribution < 1.29 is 9.53 Å². The maximum atomic E-state index is 12.3. The third kappa shape index (κ3) is 2.82. The quantitative estimate of drug-likeness (QED) is 0.676. The van der Waals surface area contributed by atoms with Crippen molar-refractivity contribution >= 4 is 17.1 Å². The van der Waals surface area contributed by atoms with E-state index in [4.69, 9.17) is 4.74 Å². The lowest BCUT2D eigenvalue weighted by Crippen LogP contribution is -2.14. The summed E-state index contributed by atoms with van der Waals surface area (Å²) in [5, 5.41) is 14.0. The predicted octanol–water partition coefficient (Wildman–Crippen LogP) is 2.29. The van der Waals surface area contributed by atoms with Gasteiger partial charge in [0.15, 0.2) is 5.78 Å². The first-order valence-electron chi connectivity index (χ1n) is 6.26. The second kappa shape index (κ2) is 5.84. The van der Waals surface area contributed by atoms with Gasteiger partial charge in [0.2, 0.25) is 5.82 Å². The normalized spacial score (nSPS) is 10.5. The molecule has 0 aliphatic rings. The predicted molar refractivity (Wildman–Crippen MR) is 78.5 cm³/mol. The van der Waals surface area contributed by atoms with E-state index in [1.54, 1.807) is 18.2 Å². The van der Waals surface area contributed by atoms with Crippen molar-refractivity contribution in [3.05, 3.63) is 47.3 Å². The highest BCUT2D eigenvalue weighted by atomic mass is 32.1. The second-order valence-electron chi connectivity index (χ2n) is 4.24. The number of benzene rings is 1. The van der Waals surface area contributed by atoms with Crippen molar-refractivity contribution in [2.24, 2.45) is 0 Å². The van der Waals surface area contributed by atoms with Gasteiger partial charge in [0.25, 0.3) is 0 Å². The summed E-state index contributed by atoms with van der Waals surface area (Å²) in [6.45, 7) is 0.0265. The summed E-state index contributed by atoms with van der Waals surface area (Å²) >= 11 is 1.53. The van der Waals surface area contributed by atoms with Gasteiger partial charge in [-0.1, -0.05) is 18.2 Å². The van der Waals surface area contributed by atoms with Crippen molar-refractivity contribution in [2.75, 3.05) is 7.11 Å².